The zero-order valence-electron chi connectivity index (χ0n) is 12.8. The minimum Gasteiger partial charge on any atom is -0.478 e. The van der Waals surface area contributed by atoms with E-state index >= 15 is 0 Å². The first-order valence-corrected chi connectivity index (χ1v) is 7.58. The Morgan fingerprint density at radius 1 is 1.32 bits per heavy atom. The Bertz CT molecular complexity index is 702. The molecule has 6 heteroatoms. The lowest BCUT2D eigenvalue weighted by Gasteiger charge is -2.09. The van der Waals surface area contributed by atoms with E-state index in [2.05, 4.69) is 20.5 Å². The number of anilines is 2. The Hall–Kier alpha value is -2.37. The number of aryl methyl sites for hydroxylation is 2. The summed E-state index contributed by atoms with van der Waals surface area (Å²) < 4.78 is 0. The van der Waals surface area contributed by atoms with Crippen molar-refractivity contribution < 1.29 is 9.90 Å². The van der Waals surface area contributed by atoms with Gasteiger partial charge in [-0.2, -0.15) is 5.10 Å². The number of aromatic carboxylic acids is 1. The number of hydrogen-bond donors (Lipinski definition) is 3. The molecule has 0 saturated heterocycles. The molecule has 0 unspecified atom stereocenters. The molecule has 0 radical (unpaired) electrons. The van der Waals surface area contributed by atoms with Crippen LogP contribution in [0.1, 0.15) is 58.9 Å². The first-order chi connectivity index (χ1) is 10.5. The van der Waals surface area contributed by atoms with Gasteiger partial charge in [0.25, 0.3) is 0 Å². The van der Waals surface area contributed by atoms with Crippen molar-refractivity contribution in [2.75, 3.05) is 5.32 Å². The van der Waals surface area contributed by atoms with Gasteiger partial charge in [-0.3, -0.25) is 5.10 Å². The second-order valence-electron chi connectivity index (χ2n) is 5.91. The van der Waals surface area contributed by atoms with Crippen LogP contribution in [0.3, 0.4) is 0 Å². The molecule has 1 aliphatic rings. The normalized spacial score (nSPS) is 15.2. The van der Waals surface area contributed by atoms with Crippen molar-refractivity contribution in [2.45, 2.75) is 45.4 Å². The van der Waals surface area contributed by atoms with Crippen molar-refractivity contribution in [1.82, 2.24) is 15.2 Å². The van der Waals surface area contributed by atoms with E-state index in [9.17, 15) is 9.90 Å². The molecule has 2 aromatic rings. The molecule has 22 heavy (non-hydrogen) atoms. The molecular weight excluding hydrogens is 280 g/mol. The fraction of sp³-hybridized carbons (Fsp3) is 0.438. The van der Waals surface area contributed by atoms with Gasteiger partial charge in [0.2, 0.25) is 0 Å². The van der Waals surface area contributed by atoms with Crippen LogP contribution in [0.25, 0.3) is 0 Å². The number of carbonyl (C=O) groups is 1. The Balaban J connectivity index is 1.86. The molecule has 1 aliphatic carbocycles. The average molecular weight is 300 g/mol. The Morgan fingerprint density at radius 3 is 2.73 bits per heavy atom. The molecule has 0 aromatic carbocycles. The van der Waals surface area contributed by atoms with Gasteiger partial charge < -0.3 is 10.4 Å². The maximum atomic E-state index is 11.4. The monoisotopic (exact) mass is 300 g/mol. The highest BCUT2D eigenvalue weighted by molar-refractivity contribution is 5.94. The Morgan fingerprint density at radius 2 is 2.05 bits per heavy atom. The number of aromatic amines is 1. The van der Waals surface area contributed by atoms with Gasteiger partial charge in [-0.1, -0.05) is 12.8 Å². The second-order valence-corrected chi connectivity index (χ2v) is 5.91. The van der Waals surface area contributed by atoms with Crippen LogP contribution >= 0.6 is 0 Å². The third-order valence-electron chi connectivity index (χ3n) is 4.34. The van der Waals surface area contributed by atoms with Crippen molar-refractivity contribution in [3.63, 3.8) is 0 Å². The highest BCUT2D eigenvalue weighted by Gasteiger charge is 2.20. The average Bonchev–Trinajstić information content (AvgIpc) is 3.13. The minimum absolute atomic E-state index is 0.161. The van der Waals surface area contributed by atoms with Gasteiger partial charge in [0.15, 0.2) is 5.82 Å². The van der Waals surface area contributed by atoms with E-state index in [1.54, 1.807) is 6.07 Å². The van der Waals surface area contributed by atoms with Crippen molar-refractivity contribution >= 4 is 17.6 Å². The van der Waals surface area contributed by atoms with E-state index in [4.69, 9.17) is 0 Å². The zero-order chi connectivity index (χ0) is 15.7. The van der Waals surface area contributed by atoms with Crippen LogP contribution in [0.4, 0.5) is 11.6 Å². The van der Waals surface area contributed by atoms with Crippen LogP contribution in [-0.2, 0) is 0 Å². The molecule has 116 valence electrons. The fourth-order valence-electron chi connectivity index (χ4n) is 2.93. The van der Waals surface area contributed by atoms with Gasteiger partial charge >= 0.3 is 5.97 Å². The first kappa shape index (κ1) is 14.6. The molecule has 1 saturated carbocycles. The summed E-state index contributed by atoms with van der Waals surface area (Å²) in [4.78, 5) is 15.7. The summed E-state index contributed by atoms with van der Waals surface area (Å²) in [6.45, 7) is 3.71. The van der Waals surface area contributed by atoms with Crippen LogP contribution in [0.15, 0.2) is 12.1 Å². The predicted molar refractivity (Wildman–Crippen MR) is 83.7 cm³/mol. The van der Waals surface area contributed by atoms with Crippen LogP contribution < -0.4 is 5.32 Å². The molecule has 2 aromatic heterocycles. The molecule has 3 N–H and O–H groups in total. The third kappa shape index (κ3) is 2.81. The lowest BCUT2D eigenvalue weighted by molar-refractivity contribution is 0.0697. The first-order valence-electron chi connectivity index (χ1n) is 7.58. The molecular formula is C16H20N4O2. The summed E-state index contributed by atoms with van der Waals surface area (Å²) in [6, 6.07) is 3.59. The van der Waals surface area contributed by atoms with Gasteiger partial charge in [-0.05, 0) is 38.3 Å². The maximum absolute atomic E-state index is 11.4. The maximum Gasteiger partial charge on any atom is 0.339 e. The smallest absolute Gasteiger partial charge is 0.339 e. The molecule has 0 spiro atoms. The quantitative estimate of drug-likeness (QED) is 0.803. The number of H-pyrrole nitrogens is 1. The molecule has 1 fully saturated rings. The zero-order valence-corrected chi connectivity index (χ0v) is 12.8. The van der Waals surface area contributed by atoms with E-state index < -0.39 is 5.97 Å². The summed E-state index contributed by atoms with van der Waals surface area (Å²) >= 11 is 0. The number of carboxylic acid groups (broad SMARTS) is 1. The van der Waals surface area contributed by atoms with Crippen molar-refractivity contribution in [2.24, 2.45) is 0 Å². The topological polar surface area (TPSA) is 90.9 Å². The van der Waals surface area contributed by atoms with Crippen molar-refractivity contribution in [3.8, 4) is 0 Å². The van der Waals surface area contributed by atoms with Gasteiger partial charge in [0, 0.05) is 23.4 Å². The second kappa shape index (κ2) is 5.79. The van der Waals surface area contributed by atoms with Crippen LogP contribution in [0.5, 0.6) is 0 Å². The molecule has 2 heterocycles. The van der Waals surface area contributed by atoms with Crippen LogP contribution in [-0.4, -0.2) is 26.3 Å². The standard InChI is InChI=1S/C16H20N4O2/c1-9-7-12(16(21)22)15(17-10(9)2)18-14-8-13(19-20-14)11-5-3-4-6-11/h7-8,11H,3-6H2,1-2H3,(H,21,22)(H2,17,18,19,20). The van der Waals surface area contributed by atoms with Gasteiger partial charge in [0.05, 0.1) is 0 Å². The molecule has 0 aliphatic heterocycles. The van der Waals surface area contributed by atoms with Gasteiger partial charge in [-0.25, -0.2) is 9.78 Å². The summed E-state index contributed by atoms with van der Waals surface area (Å²) in [6.07, 6.45) is 4.89. The van der Waals surface area contributed by atoms with E-state index in [0.29, 0.717) is 17.6 Å². The van der Waals surface area contributed by atoms with Crippen molar-refractivity contribution in [1.29, 1.82) is 0 Å². The lowest BCUT2D eigenvalue weighted by atomic mass is 10.0. The van der Waals surface area contributed by atoms with Gasteiger partial charge in [0.1, 0.15) is 11.4 Å². The molecule has 0 amide bonds. The Labute approximate surface area is 129 Å². The number of hydrogen-bond acceptors (Lipinski definition) is 4. The summed E-state index contributed by atoms with van der Waals surface area (Å²) in [7, 11) is 0. The largest absolute Gasteiger partial charge is 0.478 e. The minimum atomic E-state index is -0.996. The summed E-state index contributed by atoms with van der Waals surface area (Å²) in [5, 5.41) is 19.7. The van der Waals surface area contributed by atoms with E-state index in [1.165, 1.54) is 25.7 Å². The number of pyridine rings is 1. The fourth-order valence-corrected chi connectivity index (χ4v) is 2.93. The van der Waals surface area contributed by atoms with E-state index in [1.807, 2.05) is 19.9 Å². The molecule has 6 nitrogen and oxygen atoms in total. The highest BCUT2D eigenvalue weighted by Crippen LogP contribution is 2.34. The number of nitrogens with one attached hydrogen (secondary N) is 2. The summed E-state index contributed by atoms with van der Waals surface area (Å²) in [5.74, 6) is 0.486. The van der Waals surface area contributed by atoms with Crippen molar-refractivity contribution in [3.05, 3.63) is 34.6 Å². The van der Waals surface area contributed by atoms with Gasteiger partial charge in [-0.15, -0.1) is 0 Å². The van der Waals surface area contributed by atoms with E-state index in [-0.39, 0.29) is 5.56 Å². The highest BCUT2D eigenvalue weighted by atomic mass is 16.4. The number of nitrogens with zero attached hydrogens (tertiary/aromatic N) is 2. The molecule has 3 rings (SSSR count). The van der Waals surface area contributed by atoms with Crippen LogP contribution in [0.2, 0.25) is 0 Å². The molecule has 0 bridgehead atoms. The third-order valence-corrected chi connectivity index (χ3v) is 4.34. The van der Waals surface area contributed by atoms with Crippen LogP contribution in [0, 0.1) is 13.8 Å². The Kier molecular flexibility index (Phi) is 3.83. The summed E-state index contributed by atoms with van der Waals surface area (Å²) in [5.41, 5.74) is 2.94. The number of aromatic nitrogens is 3. The predicted octanol–water partition coefficient (Wildman–Crippen LogP) is 3.52. The van der Waals surface area contributed by atoms with E-state index in [0.717, 1.165) is 17.0 Å². The number of carboxylic acids is 1. The number of rotatable bonds is 4. The lowest BCUT2D eigenvalue weighted by Crippen LogP contribution is -2.07. The molecule has 0 atom stereocenters. The SMILES string of the molecule is Cc1cc(C(=O)O)c(Nc2cc(C3CCCC3)[nH]n2)nc1C.